The SMILES string of the molecule is Clc1ccc(Sc2ccco2)cc1. The summed E-state index contributed by atoms with van der Waals surface area (Å²) in [5, 5.41) is 1.64. The molecule has 13 heavy (non-hydrogen) atoms. The van der Waals surface area contributed by atoms with Crippen LogP contribution in [0.4, 0.5) is 0 Å². The second-order valence-electron chi connectivity index (χ2n) is 2.49. The second kappa shape index (κ2) is 3.90. The topological polar surface area (TPSA) is 13.1 Å². The summed E-state index contributed by atoms with van der Waals surface area (Å²) in [6.45, 7) is 0. The minimum Gasteiger partial charge on any atom is -0.458 e. The molecule has 2 aromatic rings. The third kappa shape index (κ3) is 2.29. The van der Waals surface area contributed by atoms with Crippen LogP contribution in [0.3, 0.4) is 0 Å². The molecule has 0 atom stereocenters. The fourth-order valence-corrected chi connectivity index (χ4v) is 1.82. The van der Waals surface area contributed by atoms with Crippen LogP contribution in [0.2, 0.25) is 5.02 Å². The summed E-state index contributed by atoms with van der Waals surface area (Å²) in [6.07, 6.45) is 1.66. The molecule has 0 amide bonds. The molecule has 1 heterocycles. The van der Waals surface area contributed by atoms with Crippen molar-refractivity contribution in [2.45, 2.75) is 9.99 Å². The van der Waals surface area contributed by atoms with E-state index in [2.05, 4.69) is 0 Å². The number of benzene rings is 1. The monoisotopic (exact) mass is 210 g/mol. The van der Waals surface area contributed by atoms with Gasteiger partial charge >= 0.3 is 0 Å². The fourth-order valence-electron chi connectivity index (χ4n) is 0.940. The minimum absolute atomic E-state index is 0.754. The van der Waals surface area contributed by atoms with Crippen LogP contribution in [0.1, 0.15) is 0 Å². The molecule has 0 aliphatic carbocycles. The Morgan fingerprint density at radius 3 is 2.46 bits per heavy atom. The van der Waals surface area contributed by atoms with Gasteiger partial charge in [0, 0.05) is 9.92 Å². The molecule has 0 unspecified atom stereocenters. The van der Waals surface area contributed by atoms with Gasteiger partial charge in [0.05, 0.1) is 6.26 Å². The zero-order valence-electron chi connectivity index (χ0n) is 6.74. The lowest BCUT2D eigenvalue weighted by Crippen LogP contribution is -1.69. The average molecular weight is 211 g/mol. The molecule has 1 nitrogen and oxygen atoms in total. The lowest BCUT2D eigenvalue weighted by Gasteiger charge is -1.96. The molecule has 66 valence electrons. The molecule has 0 bridgehead atoms. The Bertz CT molecular complexity index is 366. The molecular formula is C10H7ClOS. The molecule has 0 fully saturated rings. The molecule has 1 aromatic carbocycles. The molecule has 0 aliphatic rings. The number of hydrogen-bond donors (Lipinski definition) is 0. The highest BCUT2D eigenvalue weighted by Crippen LogP contribution is 2.28. The van der Waals surface area contributed by atoms with Gasteiger partial charge in [-0.1, -0.05) is 23.4 Å². The van der Waals surface area contributed by atoms with E-state index in [4.69, 9.17) is 16.0 Å². The van der Waals surface area contributed by atoms with E-state index in [1.54, 1.807) is 18.0 Å². The molecule has 1 aromatic heterocycles. The van der Waals surface area contributed by atoms with Crippen molar-refractivity contribution in [1.82, 2.24) is 0 Å². The summed E-state index contributed by atoms with van der Waals surface area (Å²) in [6, 6.07) is 11.5. The molecular weight excluding hydrogens is 204 g/mol. The Morgan fingerprint density at radius 1 is 1.08 bits per heavy atom. The zero-order chi connectivity index (χ0) is 9.10. The number of rotatable bonds is 2. The van der Waals surface area contributed by atoms with Crippen molar-refractivity contribution in [3.63, 3.8) is 0 Å². The largest absolute Gasteiger partial charge is 0.458 e. The standard InChI is InChI=1S/C10H7ClOS/c11-8-3-5-9(6-4-8)13-10-2-1-7-12-10/h1-7H. The van der Waals surface area contributed by atoms with E-state index in [-0.39, 0.29) is 0 Å². The Balaban J connectivity index is 2.15. The van der Waals surface area contributed by atoms with Gasteiger partial charge in [-0.25, -0.2) is 0 Å². The normalized spacial score (nSPS) is 10.2. The number of furan rings is 1. The maximum Gasteiger partial charge on any atom is 0.164 e. The first-order chi connectivity index (χ1) is 6.34. The summed E-state index contributed by atoms with van der Waals surface area (Å²) in [5.41, 5.74) is 0. The molecule has 0 saturated carbocycles. The van der Waals surface area contributed by atoms with E-state index in [1.165, 1.54) is 0 Å². The van der Waals surface area contributed by atoms with Gasteiger partial charge in [-0.3, -0.25) is 0 Å². The molecule has 0 saturated heterocycles. The molecule has 0 N–H and O–H groups in total. The van der Waals surface area contributed by atoms with Gasteiger partial charge in [-0.2, -0.15) is 0 Å². The van der Waals surface area contributed by atoms with Crippen LogP contribution in [-0.2, 0) is 0 Å². The van der Waals surface area contributed by atoms with Gasteiger partial charge in [0.2, 0.25) is 0 Å². The third-order valence-corrected chi connectivity index (χ3v) is 2.72. The van der Waals surface area contributed by atoms with Crippen LogP contribution < -0.4 is 0 Å². The first-order valence-electron chi connectivity index (χ1n) is 3.81. The van der Waals surface area contributed by atoms with Gasteiger partial charge < -0.3 is 4.42 Å². The van der Waals surface area contributed by atoms with Gasteiger partial charge in [0.15, 0.2) is 5.09 Å². The van der Waals surface area contributed by atoms with Crippen molar-refractivity contribution in [3.8, 4) is 0 Å². The maximum atomic E-state index is 5.76. The lowest BCUT2D eigenvalue weighted by atomic mass is 10.4. The summed E-state index contributed by atoms with van der Waals surface area (Å²) >= 11 is 7.34. The van der Waals surface area contributed by atoms with Crippen LogP contribution in [0.5, 0.6) is 0 Å². The Labute approximate surface area is 85.7 Å². The predicted octanol–water partition coefficient (Wildman–Crippen LogP) is 4.08. The van der Waals surface area contributed by atoms with Crippen LogP contribution in [0, 0.1) is 0 Å². The van der Waals surface area contributed by atoms with E-state index < -0.39 is 0 Å². The Hall–Kier alpha value is -0.860. The summed E-state index contributed by atoms with van der Waals surface area (Å²) in [7, 11) is 0. The van der Waals surface area contributed by atoms with E-state index in [0.29, 0.717) is 0 Å². The average Bonchev–Trinajstić information content (AvgIpc) is 2.62. The second-order valence-corrected chi connectivity index (χ2v) is 4.00. The van der Waals surface area contributed by atoms with Crippen molar-refractivity contribution in [2.75, 3.05) is 0 Å². The van der Waals surface area contributed by atoms with Crippen molar-refractivity contribution < 1.29 is 4.42 Å². The highest BCUT2D eigenvalue weighted by atomic mass is 35.5. The van der Waals surface area contributed by atoms with Crippen LogP contribution in [0.15, 0.2) is 57.1 Å². The Kier molecular flexibility index (Phi) is 2.62. The molecule has 0 spiro atoms. The lowest BCUT2D eigenvalue weighted by molar-refractivity contribution is 0.474. The maximum absolute atomic E-state index is 5.76. The van der Waals surface area contributed by atoms with Crippen molar-refractivity contribution in [2.24, 2.45) is 0 Å². The van der Waals surface area contributed by atoms with Crippen LogP contribution >= 0.6 is 23.4 Å². The quantitative estimate of drug-likeness (QED) is 0.741. The fraction of sp³-hybridized carbons (Fsp3) is 0. The third-order valence-electron chi connectivity index (χ3n) is 1.53. The van der Waals surface area contributed by atoms with Crippen molar-refractivity contribution in [3.05, 3.63) is 47.7 Å². The summed E-state index contributed by atoms with van der Waals surface area (Å²) in [5.74, 6) is 0. The molecule has 0 radical (unpaired) electrons. The van der Waals surface area contributed by atoms with Crippen LogP contribution in [0.25, 0.3) is 0 Å². The predicted molar refractivity (Wildman–Crippen MR) is 54.3 cm³/mol. The number of hydrogen-bond acceptors (Lipinski definition) is 2. The minimum atomic E-state index is 0.754. The van der Waals surface area contributed by atoms with Gasteiger partial charge in [0.25, 0.3) is 0 Å². The van der Waals surface area contributed by atoms with Crippen molar-refractivity contribution in [1.29, 1.82) is 0 Å². The van der Waals surface area contributed by atoms with Gasteiger partial charge in [-0.05, 0) is 36.4 Å². The highest BCUT2D eigenvalue weighted by Gasteiger charge is 1.98. The first kappa shape index (κ1) is 8.73. The van der Waals surface area contributed by atoms with E-state index in [1.807, 2.05) is 36.4 Å². The van der Waals surface area contributed by atoms with Crippen LogP contribution in [-0.4, -0.2) is 0 Å². The summed E-state index contributed by atoms with van der Waals surface area (Å²) in [4.78, 5) is 1.12. The molecule has 0 aliphatic heterocycles. The number of halogens is 1. The Morgan fingerprint density at radius 2 is 1.85 bits per heavy atom. The zero-order valence-corrected chi connectivity index (χ0v) is 8.31. The molecule has 2 rings (SSSR count). The first-order valence-corrected chi connectivity index (χ1v) is 5.01. The smallest absolute Gasteiger partial charge is 0.164 e. The highest BCUT2D eigenvalue weighted by molar-refractivity contribution is 7.99. The van der Waals surface area contributed by atoms with E-state index >= 15 is 0 Å². The van der Waals surface area contributed by atoms with E-state index in [0.717, 1.165) is 15.0 Å². The van der Waals surface area contributed by atoms with E-state index in [9.17, 15) is 0 Å². The molecule has 3 heteroatoms. The summed E-state index contributed by atoms with van der Waals surface area (Å²) < 4.78 is 5.20. The van der Waals surface area contributed by atoms with Gasteiger partial charge in [-0.15, -0.1) is 0 Å². The van der Waals surface area contributed by atoms with Crippen molar-refractivity contribution >= 4 is 23.4 Å². The van der Waals surface area contributed by atoms with Gasteiger partial charge in [0.1, 0.15) is 0 Å².